The molecule has 1 aromatic heterocycles. The SMILES string of the molecule is Cc1ccnc(NC[C@H]2CCCN(Cc3ccccc3)C2)n1. The number of hydrogen-bond acceptors (Lipinski definition) is 4. The van der Waals surface area contributed by atoms with Crippen LogP contribution in [0.4, 0.5) is 5.95 Å². The Morgan fingerprint density at radius 2 is 2.09 bits per heavy atom. The van der Waals surface area contributed by atoms with Crippen LogP contribution in [0.5, 0.6) is 0 Å². The molecule has 22 heavy (non-hydrogen) atoms. The summed E-state index contributed by atoms with van der Waals surface area (Å²) in [6, 6.07) is 12.7. The normalized spacial score (nSPS) is 19.0. The summed E-state index contributed by atoms with van der Waals surface area (Å²) in [6.07, 6.45) is 4.37. The smallest absolute Gasteiger partial charge is 0.222 e. The zero-order valence-electron chi connectivity index (χ0n) is 13.2. The third-order valence-electron chi connectivity index (χ3n) is 4.20. The predicted molar refractivity (Wildman–Crippen MR) is 89.7 cm³/mol. The Morgan fingerprint density at radius 1 is 1.23 bits per heavy atom. The molecule has 0 spiro atoms. The number of aromatic nitrogens is 2. The van der Waals surface area contributed by atoms with E-state index in [-0.39, 0.29) is 0 Å². The Hall–Kier alpha value is -1.94. The van der Waals surface area contributed by atoms with E-state index >= 15 is 0 Å². The van der Waals surface area contributed by atoms with Crippen molar-refractivity contribution in [2.75, 3.05) is 25.0 Å². The Kier molecular flexibility index (Phi) is 5.01. The fraction of sp³-hybridized carbons (Fsp3) is 0.444. The van der Waals surface area contributed by atoms with Crippen LogP contribution in [0, 0.1) is 12.8 Å². The molecule has 2 aromatic rings. The summed E-state index contributed by atoms with van der Waals surface area (Å²) in [5.41, 5.74) is 2.41. The number of aryl methyl sites for hydroxylation is 1. The maximum absolute atomic E-state index is 4.41. The first kappa shape index (κ1) is 15.0. The highest BCUT2D eigenvalue weighted by Crippen LogP contribution is 2.19. The minimum atomic E-state index is 0.668. The number of hydrogen-bond donors (Lipinski definition) is 1. The molecule has 1 aliphatic heterocycles. The van der Waals surface area contributed by atoms with Gasteiger partial charge in [0.1, 0.15) is 0 Å². The molecule has 116 valence electrons. The van der Waals surface area contributed by atoms with Gasteiger partial charge in [-0.05, 0) is 43.9 Å². The minimum Gasteiger partial charge on any atom is -0.354 e. The molecule has 3 rings (SSSR count). The summed E-state index contributed by atoms with van der Waals surface area (Å²) in [6.45, 7) is 6.35. The molecule has 1 aliphatic rings. The van der Waals surface area contributed by atoms with Crippen molar-refractivity contribution in [2.45, 2.75) is 26.3 Å². The molecule has 1 atom stereocenters. The van der Waals surface area contributed by atoms with Gasteiger partial charge in [-0.2, -0.15) is 0 Å². The van der Waals surface area contributed by atoms with Crippen molar-refractivity contribution in [3.63, 3.8) is 0 Å². The lowest BCUT2D eigenvalue weighted by molar-refractivity contribution is 0.173. The number of nitrogens with zero attached hydrogens (tertiary/aromatic N) is 3. The zero-order valence-corrected chi connectivity index (χ0v) is 13.2. The van der Waals surface area contributed by atoms with Crippen LogP contribution in [0.15, 0.2) is 42.6 Å². The Labute approximate surface area is 132 Å². The molecule has 1 aromatic carbocycles. The monoisotopic (exact) mass is 296 g/mol. The molecular formula is C18H24N4. The molecule has 0 amide bonds. The minimum absolute atomic E-state index is 0.668. The van der Waals surface area contributed by atoms with Gasteiger partial charge in [-0.1, -0.05) is 30.3 Å². The van der Waals surface area contributed by atoms with Crippen LogP contribution in [0.25, 0.3) is 0 Å². The third-order valence-corrected chi connectivity index (χ3v) is 4.20. The highest BCUT2D eigenvalue weighted by Gasteiger charge is 2.20. The molecule has 0 aliphatic carbocycles. The second-order valence-corrected chi connectivity index (χ2v) is 6.13. The van der Waals surface area contributed by atoms with Crippen molar-refractivity contribution in [2.24, 2.45) is 5.92 Å². The molecule has 0 radical (unpaired) electrons. The summed E-state index contributed by atoms with van der Waals surface area (Å²) < 4.78 is 0. The molecule has 4 nitrogen and oxygen atoms in total. The number of benzene rings is 1. The van der Waals surface area contributed by atoms with Crippen molar-refractivity contribution in [1.82, 2.24) is 14.9 Å². The van der Waals surface area contributed by atoms with Crippen LogP contribution < -0.4 is 5.32 Å². The number of likely N-dealkylation sites (tertiary alicyclic amines) is 1. The first-order chi connectivity index (χ1) is 10.8. The summed E-state index contributed by atoms with van der Waals surface area (Å²) in [5, 5.41) is 3.39. The van der Waals surface area contributed by atoms with E-state index in [1.165, 1.54) is 24.9 Å². The fourth-order valence-corrected chi connectivity index (χ4v) is 3.07. The van der Waals surface area contributed by atoms with Gasteiger partial charge < -0.3 is 5.32 Å². The number of piperidine rings is 1. The van der Waals surface area contributed by atoms with Crippen LogP contribution in [0.3, 0.4) is 0 Å². The van der Waals surface area contributed by atoms with Crippen LogP contribution in [0.1, 0.15) is 24.1 Å². The van der Waals surface area contributed by atoms with Gasteiger partial charge in [0.15, 0.2) is 0 Å². The average molecular weight is 296 g/mol. The molecule has 4 heteroatoms. The van der Waals surface area contributed by atoms with E-state index in [1.54, 1.807) is 0 Å². The molecule has 1 fully saturated rings. The zero-order chi connectivity index (χ0) is 15.2. The molecule has 2 heterocycles. The lowest BCUT2D eigenvalue weighted by atomic mass is 9.97. The van der Waals surface area contributed by atoms with Gasteiger partial charge in [-0.15, -0.1) is 0 Å². The van der Waals surface area contributed by atoms with Crippen molar-refractivity contribution in [1.29, 1.82) is 0 Å². The maximum Gasteiger partial charge on any atom is 0.222 e. The van der Waals surface area contributed by atoms with Gasteiger partial charge in [0.2, 0.25) is 5.95 Å². The summed E-state index contributed by atoms with van der Waals surface area (Å²) >= 11 is 0. The standard InChI is InChI=1S/C18H24N4/c1-15-9-10-19-18(21-15)20-12-17-8-5-11-22(14-17)13-16-6-3-2-4-7-16/h2-4,6-7,9-10,17H,5,8,11-14H2,1H3,(H,19,20,21)/t17-/m1/s1. The first-order valence-corrected chi connectivity index (χ1v) is 8.09. The maximum atomic E-state index is 4.41. The van der Waals surface area contributed by atoms with Gasteiger partial charge >= 0.3 is 0 Å². The Morgan fingerprint density at radius 3 is 2.91 bits per heavy atom. The largest absolute Gasteiger partial charge is 0.354 e. The fourth-order valence-electron chi connectivity index (χ4n) is 3.07. The van der Waals surface area contributed by atoms with Gasteiger partial charge in [0.25, 0.3) is 0 Å². The topological polar surface area (TPSA) is 41.1 Å². The van der Waals surface area contributed by atoms with E-state index in [0.29, 0.717) is 5.92 Å². The average Bonchev–Trinajstić information content (AvgIpc) is 2.54. The summed E-state index contributed by atoms with van der Waals surface area (Å²) in [7, 11) is 0. The summed E-state index contributed by atoms with van der Waals surface area (Å²) in [5.74, 6) is 1.42. The van der Waals surface area contributed by atoms with Crippen LogP contribution in [0.2, 0.25) is 0 Å². The van der Waals surface area contributed by atoms with Crippen LogP contribution >= 0.6 is 0 Å². The van der Waals surface area contributed by atoms with Crippen LogP contribution in [-0.4, -0.2) is 34.5 Å². The van der Waals surface area contributed by atoms with E-state index in [9.17, 15) is 0 Å². The van der Waals surface area contributed by atoms with Gasteiger partial charge in [-0.25, -0.2) is 9.97 Å². The van der Waals surface area contributed by atoms with Crippen molar-refractivity contribution >= 4 is 5.95 Å². The number of anilines is 1. The number of rotatable bonds is 5. The summed E-state index contributed by atoms with van der Waals surface area (Å²) in [4.78, 5) is 11.2. The highest BCUT2D eigenvalue weighted by molar-refractivity contribution is 5.24. The molecule has 1 N–H and O–H groups in total. The van der Waals surface area contributed by atoms with Gasteiger partial charge in [-0.3, -0.25) is 4.90 Å². The predicted octanol–water partition coefficient (Wildman–Crippen LogP) is 3.11. The molecule has 1 saturated heterocycles. The highest BCUT2D eigenvalue weighted by atomic mass is 15.1. The van der Waals surface area contributed by atoms with Gasteiger partial charge in [0, 0.05) is 31.5 Å². The Bertz CT molecular complexity index is 585. The van der Waals surface area contributed by atoms with E-state index in [2.05, 4.69) is 50.5 Å². The van der Waals surface area contributed by atoms with E-state index in [0.717, 1.165) is 31.3 Å². The first-order valence-electron chi connectivity index (χ1n) is 8.09. The van der Waals surface area contributed by atoms with Crippen molar-refractivity contribution in [3.8, 4) is 0 Å². The van der Waals surface area contributed by atoms with Crippen molar-refractivity contribution in [3.05, 3.63) is 53.9 Å². The quantitative estimate of drug-likeness (QED) is 0.920. The van der Waals surface area contributed by atoms with E-state index in [1.807, 2.05) is 19.2 Å². The second kappa shape index (κ2) is 7.36. The Balaban J connectivity index is 1.50. The second-order valence-electron chi connectivity index (χ2n) is 6.13. The van der Waals surface area contributed by atoms with E-state index < -0.39 is 0 Å². The molecule has 0 bridgehead atoms. The van der Waals surface area contributed by atoms with Crippen molar-refractivity contribution < 1.29 is 0 Å². The lowest BCUT2D eigenvalue weighted by Gasteiger charge is -2.32. The molecule has 0 saturated carbocycles. The third kappa shape index (κ3) is 4.28. The van der Waals surface area contributed by atoms with Crippen LogP contribution in [-0.2, 0) is 6.54 Å². The number of nitrogens with one attached hydrogen (secondary N) is 1. The van der Waals surface area contributed by atoms with Gasteiger partial charge in [0.05, 0.1) is 0 Å². The van der Waals surface area contributed by atoms with E-state index in [4.69, 9.17) is 0 Å². The molecule has 0 unspecified atom stereocenters. The lowest BCUT2D eigenvalue weighted by Crippen LogP contribution is -2.37. The molecular weight excluding hydrogens is 272 g/mol.